The molecule has 3 aromatic heterocycles. The molecule has 0 saturated heterocycles. The number of rotatable bonds is 5. The predicted octanol–water partition coefficient (Wildman–Crippen LogP) is 4.43. The van der Waals surface area contributed by atoms with Crippen LogP contribution in [0.5, 0.6) is 0 Å². The van der Waals surface area contributed by atoms with Gasteiger partial charge in [0.05, 0.1) is 34.2 Å². The van der Waals surface area contributed by atoms with Crippen LogP contribution in [0.1, 0.15) is 38.9 Å². The molecular formula is C28H24N6O2. The third-order valence-corrected chi connectivity index (χ3v) is 5.91. The molecule has 0 aliphatic heterocycles. The lowest BCUT2D eigenvalue weighted by molar-refractivity contribution is 0.0847. The van der Waals surface area contributed by atoms with Crippen LogP contribution in [0.3, 0.4) is 0 Å². The molecule has 0 radical (unpaired) electrons. The van der Waals surface area contributed by atoms with Crippen LogP contribution in [0.15, 0.2) is 85.2 Å². The molecule has 0 aliphatic rings. The van der Waals surface area contributed by atoms with Crippen LogP contribution >= 0.6 is 0 Å². The minimum Gasteiger partial charge on any atom is -0.267 e. The van der Waals surface area contributed by atoms with Gasteiger partial charge in [-0.1, -0.05) is 61.0 Å². The topological polar surface area (TPSA) is 102 Å². The second kappa shape index (κ2) is 9.79. The largest absolute Gasteiger partial charge is 0.273 e. The van der Waals surface area contributed by atoms with Gasteiger partial charge in [0, 0.05) is 17.1 Å². The van der Waals surface area contributed by atoms with Crippen molar-refractivity contribution in [3.63, 3.8) is 0 Å². The molecule has 2 amide bonds. The smallest absolute Gasteiger partial charge is 0.267 e. The third-order valence-electron chi connectivity index (χ3n) is 5.91. The number of aryl methyl sites for hydroxylation is 1. The lowest BCUT2D eigenvalue weighted by atomic mass is 10.0. The lowest BCUT2D eigenvalue weighted by Gasteiger charge is -2.12. The molecule has 0 fully saturated rings. The average Bonchev–Trinajstić information content (AvgIpc) is 3.36. The monoisotopic (exact) mass is 476 g/mol. The Morgan fingerprint density at radius 2 is 1.61 bits per heavy atom. The van der Waals surface area contributed by atoms with Crippen molar-refractivity contribution in [3.8, 4) is 17.1 Å². The fourth-order valence-electron chi connectivity index (χ4n) is 4.06. The molecule has 2 N–H and O–H groups in total. The van der Waals surface area contributed by atoms with E-state index in [1.165, 1.54) is 6.20 Å². The van der Waals surface area contributed by atoms with Crippen LogP contribution in [0, 0.1) is 6.92 Å². The number of hydrazine groups is 1. The number of benzene rings is 2. The molecule has 8 heteroatoms. The Labute approximate surface area is 208 Å². The molecule has 2 aromatic carbocycles. The molecule has 0 atom stereocenters. The summed E-state index contributed by atoms with van der Waals surface area (Å²) in [6.07, 6.45) is 3.70. The summed E-state index contributed by atoms with van der Waals surface area (Å²) in [4.78, 5) is 35.2. The van der Waals surface area contributed by atoms with Crippen molar-refractivity contribution in [2.24, 2.45) is 0 Å². The Morgan fingerprint density at radius 3 is 2.33 bits per heavy atom. The van der Waals surface area contributed by atoms with Gasteiger partial charge in [0.1, 0.15) is 0 Å². The molecule has 0 spiro atoms. The Balaban J connectivity index is 1.41. The maximum Gasteiger partial charge on any atom is 0.273 e. The van der Waals surface area contributed by atoms with Crippen LogP contribution < -0.4 is 10.9 Å². The molecule has 178 valence electrons. The van der Waals surface area contributed by atoms with Crippen molar-refractivity contribution in [2.75, 3.05) is 0 Å². The second-order valence-electron chi connectivity index (χ2n) is 8.30. The van der Waals surface area contributed by atoms with Crippen LogP contribution in [-0.2, 0) is 6.42 Å². The summed E-state index contributed by atoms with van der Waals surface area (Å²) >= 11 is 0. The number of pyridine rings is 2. The van der Waals surface area contributed by atoms with Gasteiger partial charge in [-0.25, -0.2) is 14.6 Å². The zero-order valence-corrected chi connectivity index (χ0v) is 19.9. The Kier molecular flexibility index (Phi) is 6.23. The maximum atomic E-state index is 13.2. The summed E-state index contributed by atoms with van der Waals surface area (Å²) in [6.45, 7) is 3.95. The first-order chi connectivity index (χ1) is 17.5. The molecule has 0 aliphatic carbocycles. The normalized spacial score (nSPS) is 10.8. The first-order valence-corrected chi connectivity index (χ1v) is 11.6. The number of nitrogens with zero attached hydrogens (tertiary/aromatic N) is 4. The van der Waals surface area contributed by atoms with Crippen LogP contribution in [0.2, 0.25) is 0 Å². The second-order valence-corrected chi connectivity index (χ2v) is 8.30. The summed E-state index contributed by atoms with van der Waals surface area (Å²) in [5.74, 6) is -0.283. The van der Waals surface area contributed by atoms with Gasteiger partial charge in [0.2, 0.25) is 0 Å². The molecular weight excluding hydrogens is 452 g/mol. The zero-order valence-electron chi connectivity index (χ0n) is 19.9. The first-order valence-electron chi connectivity index (χ1n) is 11.6. The van der Waals surface area contributed by atoms with Gasteiger partial charge < -0.3 is 0 Å². The summed E-state index contributed by atoms with van der Waals surface area (Å²) in [5, 5.41) is 5.02. The van der Waals surface area contributed by atoms with E-state index in [1.807, 2.05) is 80.6 Å². The van der Waals surface area contributed by atoms with Gasteiger partial charge in [-0.2, -0.15) is 5.10 Å². The number of aromatic nitrogens is 4. The highest BCUT2D eigenvalue weighted by Gasteiger charge is 2.19. The van der Waals surface area contributed by atoms with E-state index in [0.29, 0.717) is 45.7 Å². The van der Waals surface area contributed by atoms with E-state index in [2.05, 4.69) is 20.9 Å². The Morgan fingerprint density at radius 1 is 0.889 bits per heavy atom. The van der Waals surface area contributed by atoms with Crippen LogP contribution in [0.25, 0.3) is 28.0 Å². The quantitative estimate of drug-likeness (QED) is 0.366. The minimum atomic E-state index is -0.459. The maximum absolute atomic E-state index is 13.2. The van der Waals surface area contributed by atoms with E-state index in [-0.39, 0.29) is 0 Å². The van der Waals surface area contributed by atoms with Crippen molar-refractivity contribution < 1.29 is 9.59 Å². The highest BCUT2D eigenvalue weighted by molar-refractivity contribution is 6.08. The SMILES string of the molecule is CCc1c(C(=O)NNC(=O)c2cc(-c3ccc(C)cc3)nc3ccccc23)cnn1-c1ccccn1. The molecule has 3 heterocycles. The summed E-state index contributed by atoms with van der Waals surface area (Å²) in [6, 6.07) is 22.6. The molecule has 0 unspecified atom stereocenters. The number of amides is 2. The number of hydrogen-bond donors (Lipinski definition) is 2. The van der Waals surface area contributed by atoms with Gasteiger partial charge in [0.15, 0.2) is 5.82 Å². The minimum absolute atomic E-state index is 0.364. The molecule has 5 rings (SSSR count). The molecule has 0 saturated carbocycles. The lowest BCUT2D eigenvalue weighted by Crippen LogP contribution is -2.42. The van der Waals surface area contributed by atoms with Crippen LogP contribution in [-0.4, -0.2) is 31.6 Å². The van der Waals surface area contributed by atoms with Crippen molar-refractivity contribution in [1.82, 2.24) is 30.6 Å². The fraction of sp³-hybridized carbons (Fsp3) is 0.107. The highest BCUT2D eigenvalue weighted by Crippen LogP contribution is 2.25. The number of hydrogen-bond acceptors (Lipinski definition) is 5. The number of para-hydroxylation sites is 1. The van der Waals surface area contributed by atoms with Crippen molar-refractivity contribution in [3.05, 3.63) is 108 Å². The summed E-state index contributed by atoms with van der Waals surface area (Å²) in [7, 11) is 0. The molecule has 5 aromatic rings. The van der Waals surface area contributed by atoms with Gasteiger partial charge in [-0.3, -0.25) is 20.4 Å². The average molecular weight is 477 g/mol. The number of carbonyl (C=O) groups excluding carboxylic acids is 2. The van der Waals surface area contributed by atoms with Crippen molar-refractivity contribution in [2.45, 2.75) is 20.3 Å². The van der Waals surface area contributed by atoms with E-state index in [4.69, 9.17) is 4.98 Å². The van der Waals surface area contributed by atoms with Crippen molar-refractivity contribution in [1.29, 1.82) is 0 Å². The molecule has 0 bridgehead atoms. The van der Waals surface area contributed by atoms with Crippen LogP contribution in [0.4, 0.5) is 0 Å². The van der Waals surface area contributed by atoms with Gasteiger partial charge in [-0.15, -0.1) is 0 Å². The van der Waals surface area contributed by atoms with E-state index < -0.39 is 11.8 Å². The highest BCUT2D eigenvalue weighted by atomic mass is 16.2. The van der Waals surface area contributed by atoms with E-state index >= 15 is 0 Å². The molecule has 36 heavy (non-hydrogen) atoms. The van der Waals surface area contributed by atoms with Gasteiger partial charge in [-0.05, 0) is 37.6 Å². The van der Waals surface area contributed by atoms with E-state index in [9.17, 15) is 9.59 Å². The number of fused-ring (bicyclic) bond motifs is 1. The predicted molar refractivity (Wildman–Crippen MR) is 138 cm³/mol. The Bertz CT molecular complexity index is 1560. The van der Waals surface area contributed by atoms with E-state index in [1.54, 1.807) is 16.9 Å². The zero-order chi connectivity index (χ0) is 25.1. The summed E-state index contributed by atoms with van der Waals surface area (Å²) in [5.41, 5.74) is 9.97. The van der Waals surface area contributed by atoms with Crippen molar-refractivity contribution >= 4 is 22.7 Å². The summed E-state index contributed by atoms with van der Waals surface area (Å²) < 4.78 is 1.63. The third kappa shape index (κ3) is 4.44. The van der Waals surface area contributed by atoms with Gasteiger partial charge >= 0.3 is 0 Å². The number of carbonyl (C=O) groups is 2. The number of nitrogens with one attached hydrogen (secondary N) is 2. The Hall–Kier alpha value is -4.85. The standard InChI is InChI=1S/C28H24N6O2/c1-3-25-22(17-30-34(25)26-10-6-7-15-29-26)28(36)33-32-27(35)21-16-24(19-13-11-18(2)12-14-19)31-23-9-5-4-8-20(21)23/h4-17H,3H2,1-2H3,(H,32,35)(H,33,36). The first kappa shape index (κ1) is 22.9. The van der Waals surface area contributed by atoms with E-state index in [0.717, 1.165) is 11.1 Å². The fourth-order valence-corrected chi connectivity index (χ4v) is 4.06. The molecule has 8 nitrogen and oxygen atoms in total. The van der Waals surface area contributed by atoms with Gasteiger partial charge in [0.25, 0.3) is 11.8 Å².